The lowest BCUT2D eigenvalue weighted by atomic mass is 10.1. The van der Waals surface area contributed by atoms with Gasteiger partial charge < -0.3 is 9.64 Å². The summed E-state index contributed by atoms with van der Waals surface area (Å²) in [7, 11) is 0. The Hall–Kier alpha value is -0.610. The Bertz CT molecular complexity index is 281. The van der Waals surface area contributed by atoms with Crippen molar-refractivity contribution in [1.82, 2.24) is 9.80 Å². The highest BCUT2D eigenvalue weighted by atomic mass is 16.5. The average Bonchev–Trinajstić information content (AvgIpc) is 2.24. The van der Waals surface area contributed by atoms with Crippen LogP contribution in [0.25, 0.3) is 0 Å². The van der Waals surface area contributed by atoms with Crippen LogP contribution in [-0.2, 0) is 9.53 Å². The number of amides is 1. The second kappa shape index (κ2) is 5.57. The summed E-state index contributed by atoms with van der Waals surface area (Å²) in [5.41, 5.74) is -0.0556. The summed E-state index contributed by atoms with van der Waals surface area (Å²) in [4.78, 5) is 16.3. The standard InChI is InChI=1S/C14H28N2O2/c1-13(2,3)16-9-7-15(8-10-16)12(17)11-18-14(4,5)6/h7-11H2,1-6H3. The van der Waals surface area contributed by atoms with Gasteiger partial charge in [-0.2, -0.15) is 0 Å². The van der Waals surface area contributed by atoms with Crippen molar-refractivity contribution in [1.29, 1.82) is 0 Å². The second-order valence-electron chi connectivity index (χ2n) is 6.94. The van der Waals surface area contributed by atoms with Crippen molar-refractivity contribution in [2.24, 2.45) is 0 Å². The van der Waals surface area contributed by atoms with Gasteiger partial charge in [-0.05, 0) is 41.5 Å². The molecule has 0 aromatic heterocycles. The second-order valence-corrected chi connectivity index (χ2v) is 6.94. The third kappa shape index (κ3) is 4.94. The van der Waals surface area contributed by atoms with Gasteiger partial charge in [0.2, 0.25) is 5.91 Å². The van der Waals surface area contributed by atoms with Crippen molar-refractivity contribution in [3.05, 3.63) is 0 Å². The van der Waals surface area contributed by atoms with Gasteiger partial charge in [0, 0.05) is 31.7 Å². The molecule has 0 atom stereocenters. The van der Waals surface area contributed by atoms with E-state index in [1.165, 1.54) is 0 Å². The first-order valence-corrected chi connectivity index (χ1v) is 6.76. The van der Waals surface area contributed by atoms with Crippen molar-refractivity contribution in [2.75, 3.05) is 32.8 Å². The van der Waals surface area contributed by atoms with Crippen LogP contribution in [0.1, 0.15) is 41.5 Å². The third-order valence-corrected chi connectivity index (χ3v) is 3.21. The van der Waals surface area contributed by atoms with Crippen LogP contribution >= 0.6 is 0 Å². The van der Waals surface area contributed by atoms with E-state index >= 15 is 0 Å². The van der Waals surface area contributed by atoms with Gasteiger partial charge in [0.1, 0.15) is 6.61 Å². The fraction of sp³-hybridized carbons (Fsp3) is 0.929. The normalized spacial score (nSPS) is 19.1. The Morgan fingerprint density at radius 3 is 1.89 bits per heavy atom. The number of carbonyl (C=O) groups is 1. The Morgan fingerprint density at radius 1 is 1.00 bits per heavy atom. The molecule has 1 aliphatic heterocycles. The van der Waals surface area contributed by atoms with E-state index in [2.05, 4.69) is 25.7 Å². The molecule has 0 aromatic carbocycles. The lowest BCUT2D eigenvalue weighted by Gasteiger charge is -2.42. The molecule has 0 bridgehead atoms. The number of hydrogen-bond donors (Lipinski definition) is 0. The van der Waals surface area contributed by atoms with E-state index in [1.807, 2.05) is 25.7 Å². The van der Waals surface area contributed by atoms with E-state index in [4.69, 9.17) is 4.74 Å². The van der Waals surface area contributed by atoms with Crippen LogP contribution in [0.5, 0.6) is 0 Å². The van der Waals surface area contributed by atoms with E-state index in [1.54, 1.807) is 0 Å². The Morgan fingerprint density at radius 2 is 1.50 bits per heavy atom. The lowest BCUT2D eigenvalue weighted by Crippen LogP contribution is -2.55. The molecule has 1 fully saturated rings. The third-order valence-electron chi connectivity index (χ3n) is 3.21. The van der Waals surface area contributed by atoms with E-state index in [9.17, 15) is 4.79 Å². The summed E-state index contributed by atoms with van der Waals surface area (Å²) < 4.78 is 5.53. The zero-order chi connectivity index (χ0) is 14.0. The summed E-state index contributed by atoms with van der Waals surface area (Å²) in [6.45, 7) is 16.3. The van der Waals surface area contributed by atoms with Crippen molar-refractivity contribution in [3.8, 4) is 0 Å². The van der Waals surface area contributed by atoms with Crippen LogP contribution in [0.3, 0.4) is 0 Å². The monoisotopic (exact) mass is 256 g/mol. The SMILES string of the molecule is CC(C)(C)OCC(=O)N1CCN(C(C)(C)C)CC1. The maximum Gasteiger partial charge on any atom is 0.248 e. The maximum atomic E-state index is 12.0. The Balaban J connectivity index is 2.37. The molecule has 4 heteroatoms. The molecule has 1 rings (SSSR count). The van der Waals surface area contributed by atoms with Crippen LogP contribution in [0.4, 0.5) is 0 Å². The molecule has 0 radical (unpaired) electrons. The molecule has 0 spiro atoms. The molecular formula is C14H28N2O2. The molecule has 0 unspecified atom stereocenters. The minimum absolute atomic E-state index is 0.110. The van der Waals surface area contributed by atoms with Crippen LogP contribution in [0.2, 0.25) is 0 Å². The first-order valence-electron chi connectivity index (χ1n) is 6.76. The molecule has 0 aromatic rings. The Kier molecular flexibility index (Phi) is 4.78. The molecule has 0 N–H and O–H groups in total. The predicted octanol–water partition coefficient (Wildman–Crippen LogP) is 1.74. The quantitative estimate of drug-likeness (QED) is 0.754. The van der Waals surface area contributed by atoms with E-state index in [0.717, 1.165) is 26.2 Å². The van der Waals surface area contributed by atoms with Gasteiger partial charge >= 0.3 is 0 Å². The molecule has 1 saturated heterocycles. The molecule has 1 aliphatic rings. The molecule has 4 nitrogen and oxygen atoms in total. The fourth-order valence-electron chi connectivity index (χ4n) is 2.00. The number of carbonyl (C=O) groups excluding carboxylic acids is 1. The van der Waals surface area contributed by atoms with Gasteiger partial charge in [0.25, 0.3) is 0 Å². The van der Waals surface area contributed by atoms with E-state index < -0.39 is 0 Å². The van der Waals surface area contributed by atoms with Gasteiger partial charge in [0.05, 0.1) is 5.60 Å². The smallest absolute Gasteiger partial charge is 0.248 e. The number of hydrogen-bond acceptors (Lipinski definition) is 3. The Labute approximate surface area is 111 Å². The van der Waals surface area contributed by atoms with Crippen LogP contribution in [0.15, 0.2) is 0 Å². The highest BCUT2D eigenvalue weighted by molar-refractivity contribution is 5.77. The van der Waals surface area contributed by atoms with Crippen LogP contribution < -0.4 is 0 Å². The van der Waals surface area contributed by atoms with Gasteiger partial charge in [-0.1, -0.05) is 0 Å². The number of rotatable bonds is 2. The van der Waals surface area contributed by atoms with Crippen molar-refractivity contribution < 1.29 is 9.53 Å². The highest BCUT2D eigenvalue weighted by Crippen LogP contribution is 2.16. The molecule has 0 saturated carbocycles. The summed E-state index contributed by atoms with van der Waals surface area (Å²) in [5, 5.41) is 0. The molecule has 18 heavy (non-hydrogen) atoms. The van der Waals surface area contributed by atoms with E-state index in [-0.39, 0.29) is 23.7 Å². The summed E-state index contributed by atoms with van der Waals surface area (Å²) >= 11 is 0. The van der Waals surface area contributed by atoms with Gasteiger partial charge in [0.15, 0.2) is 0 Å². The van der Waals surface area contributed by atoms with Crippen molar-refractivity contribution >= 4 is 5.91 Å². The highest BCUT2D eigenvalue weighted by Gasteiger charge is 2.28. The zero-order valence-electron chi connectivity index (χ0n) is 12.7. The lowest BCUT2D eigenvalue weighted by molar-refractivity contribution is -0.143. The number of ether oxygens (including phenoxy) is 1. The minimum atomic E-state index is -0.247. The summed E-state index contributed by atoms with van der Waals surface area (Å²) in [6, 6.07) is 0. The first-order chi connectivity index (χ1) is 8.09. The number of piperazine rings is 1. The van der Waals surface area contributed by atoms with Crippen molar-refractivity contribution in [2.45, 2.75) is 52.7 Å². The zero-order valence-corrected chi connectivity index (χ0v) is 12.7. The molecule has 1 amide bonds. The molecular weight excluding hydrogens is 228 g/mol. The fourth-order valence-corrected chi connectivity index (χ4v) is 2.00. The topological polar surface area (TPSA) is 32.8 Å². The molecule has 106 valence electrons. The van der Waals surface area contributed by atoms with Gasteiger partial charge in [-0.3, -0.25) is 9.69 Å². The summed E-state index contributed by atoms with van der Waals surface area (Å²) in [5.74, 6) is 0.110. The average molecular weight is 256 g/mol. The minimum Gasteiger partial charge on any atom is -0.366 e. The van der Waals surface area contributed by atoms with Crippen molar-refractivity contribution in [3.63, 3.8) is 0 Å². The van der Waals surface area contributed by atoms with E-state index in [0.29, 0.717) is 0 Å². The molecule has 1 heterocycles. The van der Waals surface area contributed by atoms with Crippen LogP contribution in [0, 0.1) is 0 Å². The van der Waals surface area contributed by atoms with Crippen LogP contribution in [-0.4, -0.2) is 59.6 Å². The number of nitrogens with zero attached hydrogens (tertiary/aromatic N) is 2. The summed E-state index contributed by atoms with van der Waals surface area (Å²) in [6.07, 6.45) is 0. The first kappa shape index (κ1) is 15.4. The molecule has 0 aliphatic carbocycles. The largest absolute Gasteiger partial charge is 0.366 e. The predicted molar refractivity (Wildman–Crippen MR) is 73.6 cm³/mol. The van der Waals surface area contributed by atoms with Gasteiger partial charge in [-0.25, -0.2) is 0 Å². The van der Waals surface area contributed by atoms with Gasteiger partial charge in [-0.15, -0.1) is 0 Å². The maximum absolute atomic E-state index is 12.0.